The van der Waals surface area contributed by atoms with Gasteiger partial charge in [0, 0.05) is 38.1 Å². The highest BCUT2D eigenvalue weighted by Crippen LogP contribution is 2.47. The van der Waals surface area contributed by atoms with Gasteiger partial charge in [-0.05, 0) is 58.9 Å². The van der Waals surface area contributed by atoms with E-state index in [4.69, 9.17) is 18.8 Å². The lowest BCUT2D eigenvalue weighted by Gasteiger charge is -2.22. The van der Waals surface area contributed by atoms with Crippen LogP contribution in [0.1, 0.15) is 43.6 Å². The summed E-state index contributed by atoms with van der Waals surface area (Å²) in [6.45, 7) is 0. The zero-order valence-corrected chi connectivity index (χ0v) is 27.4. The Bertz CT molecular complexity index is 2940. The molecular weight excluding hydrogens is 613 g/mol. The molecule has 10 aromatic rings. The SMILES string of the molecule is c1cc(-c2cnc3c4ccccc4c4ccccc4c3n2)cc(-c2cccc3c2oc2c(C4CCCCC4)cc4c5ccccc5oc4c23)c1. The summed E-state index contributed by atoms with van der Waals surface area (Å²) in [6.07, 6.45) is 8.14. The summed E-state index contributed by atoms with van der Waals surface area (Å²) >= 11 is 0. The van der Waals surface area contributed by atoms with Crippen LogP contribution in [0.4, 0.5) is 0 Å². The van der Waals surface area contributed by atoms with Gasteiger partial charge in [0.15, 0.2) is 0 Å². The Morgan fingerprint density at radius 1 is 0.500 bits per heavy atom. The van der Waals surface area contributed by atoms with Gasteiger partial charge in [-0.1, -0.05) is 122 Å². The van der Waals surface area contributed by atoms with Gasteiger partial charge in [0.2, 0.25) is 0 Å². The third kappa shape index (κ3) is 4.05. The van der Waals surface area contributed by atoms with Crippen molar-refractivity contribution < 1.29 is 8.83 Å². The van der Waals surface area contributed by atoms with Gasteiger partial charge in [-0.2, -0.15) is 0 Å². The second kappa shape index (κ2) is 10.8. The van der Waals surface area contributed by atoms with Crippen molar-refractivity contribution in [3.63, 3.8) is 0 Å². The van der Waals surface area contributed by atoms with Crippen molar-refractivity contribution in [1.29, 1.82) is 0 Å². The van der Waals surface area contributed by atoms with E-state index in [9.17, 15) is 0 Å². The molecule has 0 spiro atoms. The molecule has 3 aromatic heterocycles. The number of fused-ring (bicyclic) bond motifs is 13. The van der Waals surface area contributed by atoms with Crippen molar-refractivity contribution in [3.05, 3.63) is 133 Å². The molecule has 0 atom stereocenters. The number of hydrogen-bond acceptors (Lipinski definition) is 4. The smallest absolute Gasteiger partial charge is 0.147 e. The van der Waals surface area contributed by atoms with Crippen molar-refractivity contribution in [3.8, 4) is 22.4 Å². The number of para-hydroxylation sites is 2. The molecule has 1 aliphatic carbocycles. The molecule has 0 radical (unpaired) electrons. The van der Waals surface area contributed by atoms with Gasteiger partial charge in [-0.25, -0.2) is 4.98 Å². The van der Waals surface area contributed by atoms with E-state index in [2.05, 4.69) is 115 Å². The van der Waals surface area contributed by atoms with Crippen LogP contribution in [0.15, 0.2) is 136 Å². The van der Waals surface area contributed by atoms with Crippen molar-refractivity contribution in [2.75, 3.05) is 0 Å². The lowest BCUT2D eigenvalue weighted by molar-refractivity contribution is 0.442. The second-order valence-corrected chi connectivity index (χ2v) is 13.9. The lowest BCUT2D eigenvalue weighted by Crippen LogP contribution is -2.04. The Kier molecular flexibility index (Phi) is 6.00. The minimum absolute atomic E-state index is 0.483. The van der Waals surface area contributed by atoms with Crippen LogP contribution in [-0.4, -0.2) is 9.97 Å². The van der Waals surface area contributed by atoms with Crippen LogP contribution < -0.4 is 0 Å². The maximum atomic E-state index is 7.03. The second-order valence-electron chi connectivity index (χ2n) is 13.9. The highest BCUT2D eigenvalue weighted by atomic mass is 16.3. The minimum Gasteiger partial charge on any atom is -0.455 e. The Labute approximate surface area is 288 Å². The zero-order valence-electron chi connectivity index (χ0n) is 27.4. The van der Waals surface area contributed by atoms with Gasteiger partial charge in [-0.15, -0.1) is 0 Å². The van der Waals surface area contributed by atoms with Crippen LogP contribution in [0.3, 0.4) is 0 Å². The van der Waals surface area contributed by atoms with E-state index in [1.807, 2.05) is 12.3 Å². The summed E-state index contributed by atoms with van der Waals surface area (Å²) in [6, 6.07) is 42.9. The van der Waals surface area contributed by atoms with Crippen LogP contribution in [0.2, 0.25) is 0 Å². The number of furan rings is 2. The molecule has 11 rings (SSSR count). The summed E-state index contributed by atoms with van der Waals surface area (Å²) < 4.78 is 13.6. The first kappa shape index (κ1) is 27.9. The predicted molar refractivity (Wildman–Crippen MR) is 206 cm³/mol. The molecule has 7 aromatic carbocycles. The minimum atomic E-state index is 0.483. The summed E-state index contributed by atoms with van der Waals surface area (Å²) in [5.41, 5.74) is 10.9. The van der Waals surface area contributed by atoms with E-state index in [-0.39, 0.29) is 0 Å². The van der Waals surface area contributed by atoms with Crippen LogP contribution in [0.5, 0.6) is 0 Å². The molecule has 1 fully saturated rings. The molecule has 0 N–H and O–H groups in total. The Balaban J connectivity index is 1.12. The maximum Gasteiger partial charge on any atom is 0.147 e. The van der Waals surface area contributed by atoms with Gasteiger partial charge in [0.25, 0.3) is 0 Å². The topological polar surface area (TPSA) is 52.1 Å². The molecule has 4 heteroatoms. The molecule has 0 saturated heterocycles. The van der Waals surface area contributed by atoms with Crippen molar-refractivity contribution in [2.24, 2.45) is 0 Å². The molecule has 0 bridgehead atoms. The largest absolute Gasteiger partial charge is 0.455 e. The van der Waals surface area contributed by atoms with Gasteiger partial charge in [-0.3, -0.25) is 4.98 Å². The molecule has 238 valence electrons. The summed E-state index contributed by atoms with van der Waals surface area (Å²) in [4.78, 5) is 10.3. The van der Waals surface area contributed by atoms with Gasteiger partial charge < -0.3 is 8.83 Å². The standard InChI is InChI=1S/C46H32N2O2/c1-2-12-27(13-3-1)37-25-38-33-18-8-9-23-40(33)49-46(38)41-36-22-11-21-30(44(36)50-45(37)41)28-14-10-15-29(24-28)39-26-47-42-34-19-6-4-16-31(34)32-17-5-7-20-35(32)43(42)48-39/h4-11,14-27H,1-3,12-13H2. The Hall–Kier alpha value is -6.00. The Morgan fingerprint density at radius 3 is 2.00 bits per heavy atom. The number of aromatic nitrogens is 2. The fourth-order valence-corrected chi connectivity index (χ4v) is 8.72. The summed E-state index contributed by atoms with van der Waals surface area (Å²) in [5, 5.41) is 9.15. The van der Waals surface area contributed by atoms with E-state index in [0.29, 0.717) is 5.92 Å². The van der Waals surface area contributed by atoms with Crippen LogP contribution in [-0.2, 0) is 0 Å². The van der Waals surface area contributed by atoms with E-state index in [1.54, 1.807) is 0 Å². The molecule has 0 unspecified atom stereocenters. The molecular formula is C46H32N2O2. The Morgan fingerprint density at radius 2 is 1.18 bits per heavy atom. The highest BCUT2D eigenvalue weighted by Gasteiger charge is 2.26. The van der Waals surface area contributed by atoms with Gasteiger partial charge in [0.05, 0.1) is 28.3 Å². The first-order valence-corrected chi connectivity index (χ1v) is 17.8. The maximum absolute atomic E-state index is 7.03. The highest BCUT2D eigenvalue weighted by molar-refractivity contribution is 6.25. The van der Waals surface area contributed by atoms with Gasteiger partial charge in [0.1, 0.15) is 22.3 Å². The van der Waals surface area contributed by atoms with E-state index < -0.39 is 0 Å². The number of nitrogens with zero attached hydrogens (tertiary/aromatic N) is 2. The molecule has 3 heterocycles. The summed E-state index contributed by atoms with van der Waals surface area (Å²) in [7, 11) is 0. The van der Waals surface area contributed by atoms with E-state index in [0.717, 1.165) is 82.7 Å². The predicted octanol–water partition coefficient (Wildman–Crippen LogP) is 13.1. The average Bonchev–Trinajstić information content (AvgIpc) is 3.77. The van der Waals surface area contributed by atoms with Crippen molar-refractivity contribution in [2.45, 2.75) is 38.0 Å². The first-order chi connectivity index (χ1) is 24.8. The average molecular weight is 645 g/mol. The zero-order chi connectivity index (χ0) is 32.8. The monoisotopic (exact) mass is 644 g/mol. The molecule has 0 amide bonds. The third-order valence-corrected chi connectivity index (χ3v) is 11.1. The molecule has 0 aliphatic heterocycles. The fraction of sp³-hybridized carbons (Fsp3) is 0.130. The molecule has 50 heavy (non-hydrogen) atoms. The normalized spacial score (nSPS) is 14.3. The number of rotatable bonds is 3. The van der Waals surface area contributed by atoms with Crippen LogP contribution in [0, 0.1) is 0 Å². The number of hydrogen-bond donors (Lipinski definition) is 0. The number of benzene rings is 7. The quantitative estimate of drug-likeness (QED) is 0.180. The van der Waals surface area contributed by atoms with Crippen molar-refractivity contribution >= 4 is 76.5 Å². The van der Waals surface area contributed by atoms with E-state index >= 15 is 0 Å². The van der Waals surface area contributed by atoms with Crippen molar-refractivity contribution in [1.82, 2.24) is 9.97 Å². The fourth-order valence-electron chi connectivity index (χ4n) is 8.72. The molecule has 1 aliphatic rings. The van der Waals surface area contributed by atoms with E-state index in [1.165, 1.54) is 53.8 Å². The molecule has 4 nitrogen and oxygen atoms in total. The lowest BCUT2D eigenvalue weighted by atomic mass is 9.83. The third-order valence-electron chi connectivity index (χ3n) is 11.1. The first-order valence-electron chi connectivity index (χ1n) is 17.8. The van der Waals surface area contributed by atoms with Crippen LogP contribution in [0.25, 0.3) is 98.8 Å². The van der Waals surface area contributed by atoms with Crippen LogP contribution >= 0.6 is 0 Å². The summed E-state index contributed by atoms with van der Waals surface area (Å²) in [5.74, 6) is 0.483. The van der Waals surface area contributed by atoms with Gasteiger partial charge >= 0.3 is 0 Å². The molecule has 1 saturated carbocycles.